The summed E-state index contributed by atoms with van der Waals surface area (Å²) in [5.41, 5.74) is -0.660. The van der Waals surface area contributed by atoms with Crippen molar-refractivity contribution in [3.63, 3.8) is 0 Å². The van der Waals surface area contributed by atoms with Gasteiger partial charge in [0, 0.05) is 26.2 Å². The van der Waals surface area contributed by atoms with Gasteiger partial charge in [-0.05, 0) is 17.7 Å². The lowest BCUT2D eigenvalue weighted by atomic mass is 9.98. The van der Waals surface area contributed by atoms with E-state index in [9.17, 15) is 18.3 Å². The number of halogens is 3. The fourth-order valence-electron chi connectivity index (χ4n) is 2.60. The van der Waals surface area contributed by atoms with E-state index in [2.05, 4.69) is 5.32 Å². The van der Waals surface area contributed by atoms with Crippen molar-refractivity contribution >= 4 is 0 Å². The summed E-state index contributed by atoms with van der Waals surface area (Å²) in [6, 6.07) is 3.22. The van der Waals surface area contributed by atoms with E-state index in [-0.39, 0.29) is 17.9 Å². The zero-order chi connectivity index (χ0) is 15.5. The predicted octanol–water partition coefficient (Wildman–Crippen LogP) is 1.65. The zero-order valence-corrected chi connectivity index (χ0v) is 11.8. The standard InChI is InChI=1S/C14H19F3N2O2/c1-21-10-2-3-11(12(8-10)14(15,16)17)13(9-20)19-6-4-18-5-7-19/h2-3,8,13,18,20H,4-7,9H2,1H3/t13-/m1/s1. The molecule has 0 spiro atoms. The number of alkyl halides is 3. The second kappa shape index (κ2) is 6.64. The van der Waals surface area contributed by atoms with Crippen molar-refractivity contribution in [1.29, 1.82) is 0 Å². The Morgan fingerprint density at radius 2 is 2.00 bits per heavy atom. The van der Waals surface area contributed by atoms with Crippen LogP contribution in [-0.2, 0) is 6.18 Å². The monoisotopic (exact) mass is 304 g/mol. The number of benzene rings is 1. The maximum absolute atomic E-state index is 13.3. The Balaban J connectivity index is 2.39. The Labute approximate surface area is 121 Å². The molecule has 1 aliphatic rings. The highest BCUT2D eigenvalue weighted by molar-refractivity contribution is 5.39. The summed E-state index contributed by atoms with van der Waals surface area (Å²) < 4.78 is 44.7. The van der Waals surface area contributed by atoms with Crippen LogP contribution in [0, 0.1) is 0 Å². The lowest BCUT2D eigenvalue weighted by Crippen LogP contribution is -2.46. The largest absolute Gasteiger partial charge is 0.497 e. The van der Waals surface area contributed by atoms with Gasteiger partial charge in [-0.1, -0.05) is 6.07 Å². The predicted molar refractivity (Wildman–Crippen MR) is 72.3 cm³/mol. The van der Waals surface area contributed by atoms with Crippen molar-refractivity contribution in [3.8, 4) is 5.75 Å². The first-order valence-electron chi connectivity index (χ1n) is 6.78. The smallest absolute Gasteiger partial charge is 0.416 e. The minimum absolute atomic E-state index is 0.0905. The minimum Gasteiger partial charge on any atom is -0.497 e. The van der Waals surface area contributed by atoms with E-state index in [1.54, 1.807) is 0 Å². The molecule has 1 aromatic carbocycles. The number of hydrogen-bond acceptors (Lipinski definition) is 4. The molecule has 1 heterocycles. The van der Waals surface area contributed by atoms with Crippen LogP contribution in [0.15, 0.2) is 18.2 Å². The summed E-state index contributed by atoms with van der Waals surface area (Å²) >= 11 is 0. The normalized spacial score (nSPS) is 18.5. The lowest BCUT2D eigenvalue weighted by Gasteiger charge is -2.35. The van der Waals surface area contributed by atoms with Crippen LogP contribution >= 0.6 is 0 Å². The van der Waals surface area contributed by atoms with Gasteiger partial charge in [0.25, 0.3) is 0 Å². The topological polar surface area (TPSA) is 44.7 Å². The van der Waals surface area contributed by atoms with Crippen molar-refractivity contribution in [2.45, 2.75) is 12.2 Å². The molecule has 4 nitrogen and oxygen atoms in total. The van der Waals surface area contributed by atoms with E-state index in [0.29, 0.717) is 26.2 Å². The zero-order valence-electron chi connectivity index (χ0n) is 11.8. The maximum atomic E-state index is 13.3. The number of aliphatic hydroxyl groups excluding tert-OH is 1. The third kappa shape index (κ3) is 3.66. The molecule has 1 atom stereocenters. The number of aliphatic hydroxyl groups is 1. The molecule has 1 aromatic rings. The van der Waals surface area contributed by atoms with Crippen LogP contribution in [0.4, 0.5) is 13.2 Å². The fourth-order valence-corrected chi connectivity index (χ4v) is 2.60. The number of rotatable bonds is 4. The fraction of sp³-hybridized carbons (Fsp3) is 0.571. The summed E-state index contributed by atoms with van der Waals surface area (Å²) in [7, 11) is 1.33. The molecule has 0 radical (unpaired) electrons. The SMILES string of the molecule is COc1ccc([C@@H](CO)N2CCNCC2)c(C(F)(F)F)c1. The van der Waals surface area contributed by atoms with Crippen LogP contribution in [-0.4, -0.2) is 49.9 Å². The number of piperazine rings is 1. The van der Waals surface area contributed by atoms with Gasteiger partial charge in [-0.3, -0.25) is 4.90 Å². The number of methoxy groups -OCH3 is 1. The van der Waals surface area contributed by atoms with Gasteiger partial charge in [0.1, 0.15) is 5.75 Å². The van der Waals surface area contributed by atoms with E-state index in [0.717, 1.165) is 6.07 Å². The second-order valence-electron chi connectivity index (χ2n) is 4.94. The molecule has 0 amide bonds. The van der Waals surface area contributed by atoms with Gasteiger partial charge in [-0.2, -0.15) is 13.2 Å². The van der Waals surface area contributed by atoms with E-state index < -0.39 is 17.8 Å². The van der Waals surface area contributed by atoms with Crippen LogP contribution in [0.1, 0.15) is 17.2 Å². The Hall–Kier alpha value is -1.31. The van der Waals surface area contributed by atoms with Crippen LogP contribution in [0.2, 0.25) is 0 Å². The van der Waals surface area contributed by atoms with Crippen molar-refractivity contribution in [1.82, 2.24) is 10.2 Å². The van der Waals surface area contributed by atoms with E-state index in [1.165, 1.54) is 19.2 Å². The highest BCUT2D eigenvalue weighted by Crippen LogP contribution is 2.38. The second-order valence-corrected chi connectivity index (χ2v) is 4.94. The number of ether oxygens (including phenoxy) is 1. The number of nitrogens with one attached hydrogen (secondary N) is 1. The number of nitrogens with zero attached hydrogens (tertiary/aromatic N) is 1. The molecule has 1 saturated heterocycles. The Kier molecular flexibility index (Phi) is 5.08. The van der Waals surface area contributed by atoms with Gasteiger partial charge in [-0.15, -0.1) is 0 Å². The van der Waals surface area contributed by atoms with Crippen LogP contribution in [0.3, 0.4) is 0 Å². The van der Waals surface area contributed by atoms with Crippen LogP contribution in [0.5, 0.6) is 5.75 Å². The summed E-state index contributed by atoms with van der Waals surface area (Å²) in [6.45, 7) is 2.26. The third-order valence-corrected chi connectivity index (χ3v) is 3.69. The van der Waals surface area contributed by atoms with Crippen molar-refractivity contribution in [3.05, 3.63) is 29.3 Å². The highest BCUT2D eigenvalue weighted by Gasteiger charge is 2.37. The van der Waals surface area contributed by atoms with E-state index in [4.69, 9.17) is 4.74 Å². The molecule has 0 saturated carbocycles. The van der Waals surface area contributed by atoms with Gasteiger partial charge in [0.15, 0.2) is 0 Å². The van der Waals surface area contributed by atoms with Crippen molar-refractivity contribution < 1.29 is 23.0 Å². The molecule has 2 N–H and O–H groups in total. The average Bonchev–Trinajstić information content (AvgIpc) is 2.48. The molecule has 0 unspecified atom stereocenters. The molecule has 118 valence electrons. The Bertz CT molecular complexity index is 474. The molecular weight excluding hydrogens is 285 g/mol. The summed E-state index contributed by atoms with van der Waals surface area (Å²) in [6.07, 6.45) is -4.48. The first-order valence-corrected chi connectivity index (χ1v) is 6.78. The van der Waals surface area contributed by atoms with Crippen LogP contribution in [0.25, 0.3) is 0 Å². The highest BCUT2D eigenvalue weighted by atomic mass is 19.4. The Morgan fingerprint density at radius 1 is 1.33 bits per heavy atom. The van der Waals surface area contributed by atoms with Gasteiger partial charge >= 0.3 is 6.18 Å². The Morgan fingerprint density at radius 3 is 2.52 bits per heavy atom. The molecule has 0 aliphatic carbocycles. The summed E-state index contributed by atoms with van der Waals surface area (Å²) in [5, 5.41) is 12.7. The first-order chi connectivity index (χ1) is 9.97. The third-order valence-electron chi connectivity index (χ3n) is 3.69. The molecule has 0 aromatic heterocycles. The summed E-state index contributed by atoms with van der Waals surface area (Å²) in [4.78, 5) is 1.87. The van der Waals surface area contributed by atoms with Crippen molar-refractivity contribution in [2.24, 2.45) is 0 Å². The summed E-state index contributed by atoms with van der Waals surface area (Å²) in [5.74, 6) is 0.156. The van der Waals surface area contributed by atoms with Crippen molar-refractivity contribution in [2.75, 3.05) is 39.9 Å². The molecular formula is C14H19F3N2O2. The molecule has 7 heteroatoms. The molecule has 2 rings (SSSR count). The lowest BCUT2D eigenvalue weighted by molar-refractivity contribution is -0.139. The maximum Gasteiger partial charge on any atom is 0.416 e. The average molecular weight is 304 g/mol. The molecule has 21 heavy (non-hydrogen) atoms. The van der Waals surface area contributed by atoms with Gasteiger partial charge in [0.05, 0.1) is 25.3 Å². The number of hydrogen-bond donors (Lipinski definition) is 2. The molecule has 0 bridgehead atoms. The molecule has 1 fully saturated rings. The quantitative estimate of drug-likeness (QED) is 0.888. The van der Waals surface area contributed by atoms with E-state index >= 15 is 0 Å². The van der Waals surface area contributed by atoms with Crippen LogP contribution < -0.4 is 10.1 Å². The van der Waals surface area contributed by atoms with Gasteiger partial charge in [-0.25, -0.2) is 0 Å². The molecule has 1 aliphatic heterocycles. The van der Waals surface area contributed by atoms with Gasteiger partial charge in [0.2, 0.25) is 0 Å². The van der Waals surface area contributed by atoms with Gasteiger partial charge < -0.3 is 15.2 Å². The minimum atomic E-state index is -4.48. The van der Waals surface area contributed by atoms with E-state index in [1.807, 2.05) is 4.90 Å². The first kappa shape index (κ1) is 16.1.